The van der Waals surface area contributed by atoms with Crippen LogP contribution in [0.4, 0.5) is 0 Å². The number of amides is 1. The maximum atomic E-state index is 12.4. The van der Waals surface area contributed by atoms with Crippen molar-refractivity contribution in [2.75, 3.05) is 13.1 Å². The molecule has 1 atom stereocenters. The van der Waals surface area contributed by atoms with E-state index in [1.165, 1.54) is 0 Å². The van der Waals surface area contributed by atoms with Crippen molar-refractivity contribution in [3.63, 3.8) is 0 Å². The Labute approximate surface area is 115 Å². The number of carbonyl (C=O) groups is 2. The lowest BCUT2D eigenvalue weighted by Crippen LogP contribution is -2.42. The molecule has 1 aliphatic rings. The number of aromatic amines is 1. The topological polar surface area (TPSA) is 86.3 Å². The molecule has 1 aromatic heterocycles. The van der Waals surface area contributed by atoms with Crippen LogP contribution in [0.1, 0.15) is 23.2 Å². The van der Waals surface area contributed by atoms with Crippen molar-refractivity contribution in [1.29, 1.82) is 0 Å². The summed E-state index contributed by atoms with van der Waals surface area (Å²) in [6, 6.07) is 5.34. The minimum Gasteiger partial charge on any atom is -0.481 e. The molecule has 0 spiro atoms. The van der Waals surface area contributed by atoms with Gasteiger partial charge in [0.05, 0.1) is 17.6 Å². The fraction of sp³-hybridized carbons (Fsp3) is 0.357. The first kappa shape index (κ1) is 12.7. The Hall–Kier alpha value is -2.37. The minimum absolute atomic E-state index is 0.112. The number of hydrogen-bond acceptors (Lipinski definition) is 3. The van der Waals surface area contributed by atoms with Crippen molar-refractivity contribution in [2.45, 2.75) is 12.8 Å². The summed E-state index contributed by atoms with van der Waals surface area (Å²) >= 11 is 0. The third-order valence-electron chi connectivity index (χ3n) is 3.74. The highest BCUT2D eigenvalue weighted by Crippen LogP contribution is 2.20. The number of H-pyrrole nitrogens is 1. The van der Waals surface area contributed by atoms with Gasteiger partial charge in [0, 0.05) is 24.0 Å². The average Bonchev–Trinajstić information content (AvgIpc) is 2.94. The number of rotatable bonds is 2. The summed E-state index contributed by atoms with van der Waals surface area (Å²) in [6.45, 7) is 0.906. The van der Waals surface area contributed by atoms with E-state index in [1.807, 2.05) is 6.07 Å². The quantitative estimate of drug-likeness (QED) is 0.868. The van der Waals surface area contributed by atoms with E-state index in [4.69, 9.17) is 5.11 Å². The summed E-state index contributed by atoms with van der Waals surface area (Å²) < 4.78 is 0. The van der Waals surface area contributed by atoms with E-state index in [2.05, 4.69) is 10.2 Å². The van der Waals surface area contributed by atoms with Crippen molar-refractivity contribution in [3.8, 4) is 0 Å². The maximum absolute atomic E-state index is 12.4. The number of fused-ring (bicyclic) bond motifs is 1. The Morgan fingerprint density at radius 1 is 1.40 bits per heavy atom. The van der Waals surface area contributed by atoms with Crippen LogP contribution in [0.5, 0.6) is 0 Å². The minimum atomic E-state index is -0.826. The van der Waals surface area contributed by atoms with Gasteiger partial charge >= 0.3 is 5.97 Å². The number of carboxylic acid groups (broad SMARTS) is 1. The van der Waals surface area contributed by atoms with E-state index < -0.39 is 11.9 Å². The van der Waals surface area contributed by atoms with E-state index in [1.54, 1.807) is 23.2 Å². The van der Waals surface area contributed by atoms with Gasteiger partial charge in [-0.3, -0.25) is 14.7 Å². The molecule has 1 amide bonds. The van der Waals surface area contributed by atoms with Crippen LogP contribution < -0.4 is 0 Å². The molecular formula is C14H15N3O3. The number of benzene rings is 1. The summed E-state index contributed by atoms with van der Waals surface area (Å²) in [6.07, 6.45) is 3.04. The van der Waals surface area contributed by atoms with Gasteiger partial charge in [0.25, 0.3) is 5.91 Å². The molecule has 20 heavy (non-hydrogen) atoms. The van der Waals surface area contributed by atoms with Gasteiger partial charge in [0.1, 0.15) is 0 Å². The van der Waals surface area contributed by atoms with Gasteiger partial charge in [-0.25, -0.2) is 0 Å². The zero-order valence-electron chi connectivity index (χ0n) is 10.9. The third-order valence-corrected chi connectivity index (χ3v) is 3.74. The molecule has 3 rings (SSSR count). The summed E-state index contributed by atoms with van der Waals surface area (Å²) in [4.78, 5) is 25.1. The molecule has 0 saturated carbocycles. The van der Waals surface area contributed by atoms with Gasteiger partial charge in [-0.05, 0) is 31.0 Å². The van der Waals surface area contributed by atoms with Crippen molar-refractivity contribution in [3.05, 3.63) is 30.0 Å². The average molecular weight is 273 g/mol. The van der Waals surface area contributed by atoms with Crippen LogP contribution in [0.25, 0.3) is 10.9 Å². The largest absolute Gasteiger partial charge is 0.481 e. The number of carbonyl (C=O) groups excluding carboxylic acids is 1. The van der Waals surface area contributed by atoms with Crippen LogP contribution in [0.3, 0.4) is 0 Å². The Kier molecular flexibility index (Phi) is 3.14. The maximum Gasteiger partial charge on any atom is 0.308 e. The molecule has 1 aliphatic heterocycles. The molecule has 104 valence electrons. The first-order valence-corrected chi connectivity index (χ1v) is 6.60. The van der Waals surface area contributed by atoms with Crippen LogP contribution in [0, 0.1) is 5.92 Å². The van der Waals surface area contributed by atoms with Crippen LogP contribution in [-0.2, 0) is 4.79 Å². The van der Waals surface area contributed by atoms with E-state index in [9.17, 15) is 9.59 Å². The predicted molar refractivity (Wildman–Crippen MR) is 72.4 cm³/mol. The second-order valence-corrected chi connectivity index (χ2v) is 5.10. The lowest BCUT2D eigenvalue weighted by Gasteiger charge is -2.30. The fourth-order valence-corrected chi connectivity index (χ4v) is 2.62. The summed E-state index contributed by atoms with van der Waals surface area (Å²) in [5.41, 5.74) is 1.45. The van der Waals surface area contributed by atoms with Crippen LogP contribution in [-0.4, -0.2) is 45.2 Å². The van der Waals surface area contributed by atoms with Gasteiger partial charge in [-0.15, -0.1) is 0 Å². The third kappa shape index (κ3) is 2.24. The SMILES string of the molecule is O=C(O)C1CCCN(C(=O)c2ccc3[nH]ncc3c2)C1. The molecule has 2 heterocycles. The predicted octanol–water partition coefficient (Wildman–Crippen LogP) is 1.50. The molecule has 2 N–H and O–H groups in total. The number of piperidine rings is 1. The standard InChI is InChI=1S/C14H15N3O3/c18-13(17-5-1-2-10(8-17)14(19)20)9-3-4-12-11(6-9)7-15-16-12/h3-4,6-7,10H,1-2,5,8H2,(H,15,16)(H,19,20). The molecule has 1 aromatic carbocycles. The number of hydrogen-bond donors (Lipinski definition) is 2. The van der Waals surface area contributed by atoms with Crippen molar-refractivity contribution >= 4 is 22.8 Å². The summed E-state index contributed by atoms with van der Waals surface area (Å²) in [5, 5.41) is 16.7. The first-order valence-electron chi connectivity index (χ1n) is 6.60. The molecule has 0 bridgehead atoms. The highest BCUT2D eigenvalue weighted by atomic mass is 16.4. The van der Waals surface area contributed by atoms with E-state index >= 15 is 0 Å². The zero-order chi connectivity index (χ0) is 14.1. The lowest BCUT2D eigenvalue weighted by molar-refractivity contribution is -0.143. The molecular weight excluding hydrogens is 258 g/mol. The molecule has 2 aromatic rings. The Morgan fingerprint density at radius 2 is 2.25 bits per heavy atom. The second kappa shape index (κ2) is 4.96. The number of aromatic nitrogens is 2. The van der Waals surface area contributed by atoms with Crippen molar-refractivity contribution in [1.82, 2.24) is 15.1 Å². The smallest absolute Gasteiger partial charge is 0.308 e. The van der Waals surface area contributed by atoms with Crippen molar-refractivity contribution in [2.24, 2.45) is 5.92 Å². The van der Waals surface area contributed by atoms with Gasteiger partial charge in [0.15, 0.2) is 0 Å². The van der Waals surface area contributed by atoms with Gasteiger partial charge in [0.2, 0.25) is 0 Å². The monoisotopic (exact) mass is 273 g/mol. The zero-order valence-corrected chi connectivity index (χ0v) is 10.9. The van der Waals surface area contributed by atoms with Gasteiger partial charge in [-0.1, -0.05) is 0 Å². The Balaban J connectivity index is 1.82. The summed E-state index contributed by atoms with van der Waals surface area (Å²) in [7, 11) is 0. The molecule has 0 radical (unpaired) electrons. The molecule has 1 saturated heterocycles. The van der Waals surface area contributed by atoms with E-state index in [-0.39, 0.29) is 12.5 Å². The number of carboxylic acids is 1. The second-order valence-electron chi connectivity index (χ2n) is 5.10. The number of likely N-dealkylation sites (tertiary alicyclic amines) is 1. The number of nitrogens with one attached hydrogen (secondary N) is 1. The first-order chi connectivity index (χ1) is 9.65. The Morgan fingerprint density at radius 3 is 3.05 bits per heavy atom. The van der Waals surface area contributed by atoms with Crippen molar-refractivity contribution < 1.29 is 14.7 Å². The molecule has 1 unspecified atom stereocenters. The fourth-order valence-electron chi connectivity index (χ4n) is 2.62. The molecule has 0 aliphatic carbocycles. The number of aliphatic carboxylic acids is 1. The van der Waals surface area contributed by atoms with Gasteiger partial charge in [-0.2, -0.15) is 5.10 Å². The van der Waals surface area contributed by atoms with Crippen LogP contribution in [0.15, 0.2) is 24.4 Å². The summed E-state index contributed by atoms with van der Waals surface area (Å²) in [5.74, 6) is -1.39. The molecule has 6 nitrogen and oxygen atoms in total. The lowest BCUT2D eigenvalue weighted by atomic mass is 9.97. The van der Waals surface area contributed by atoms with Crippen LogP contribution >= 0.6 is 0 Å². The van der Waals surface area contributed by atoms with Crippen LogP contribution in [0.2, 0.25) is 0 Å². The van der Waals surface area contributed by atoms with E-state index in [0.29, 0.717) is 18.5 Å². The van der Waals surface area contributed by atoms with Gasteiger partial charge < -0.3 is 10.0 Å². The highest BCUT2D eigenvalue weighted by molar-refractivity contribution is 5.98. The molecule has 6 heteroatoms. The normalized spacial score (nSPS) is 19.2. The number of nitrogens with zero attached hydrogens (tertiary/aromatic N) is 2. The Bertz CT molecular complexity index is 664. The molecule has 1 fully saturated rings. The highest BCUT2D eigenvalue weighted by Gasteiger charge is 2.28. The van der Waals surface area contributed by atoms with E-state index in [0.717, 1.165) is 17.3 Å².